The SMILES string of the molecule is O=C(Cc1ccccc1)NCCCCCc1nc2ccccc2n1CCCOc1cccc2ccccc12. The van der Waals surface area contributed by atoms with Crippen molar-refractivity contribution >= 4 is 27.7 Å². The summed E-state index contributed by atoms with van der Waals surface area (Å²) in [4.78, 5) is 17.1. The number of benzene rings is 4. The molecular formula is C33H35N3O2. The second kappa shape index (κ2) is 12.9. The summed E-state index contributed by atoms with van der Waals surface area (Å²) >= 11 is 0. The molecule has 1 heterocycles. The van der Waals surface area contributed by atoms with Crippen molar-refractivity contribution in [1.82, 2.24) is 14.9 Å². The number of hydrogen-bond donors (Lipinski definition) is 1. The van der Waals surface area contributed by atoms with E-state index in [1.54, 1.807) is 0 Å². The van der Waals surface area contributed by atoms with Gasteiger partial charge in [-0.1, -0.05) is 85.3 Å². The third kappa shape index (κ3) is 6.60. The predicted molar refractivity (Wildman–Crippen MR) is 155 cm³/mol. The number of unbranched alkanes of at least 4 members (excludes halogenated alkanes) is 2. The molecule has 1 amide bonds. The highest BCUT2D eigenvalue weighted by molar-refractivity contribution is 5.88. The molecule has 0 aliphatic heterocycles. The van der Waals surface area contributed by atoms with Crippen LogP contribution in [0.15, 0.2) is 97.1 Å². The molecule has 0 bridgehead atoms. The summed E-state index contributed by atoms with van der Waals surface area (Å²) in [6.07, 6.45) is 5.35. The molecule has 0 spiro atoms. The quantitative estimate of drug-likeness (QED) is 0.181. The van der Waals surface area contributed by atoms with E-state index in [-0.39, 0.29) is 5.91 Å². The van der Waals surface area contributed by atoms with Gasteiger partial charge in [0.1, 0.15) is 11.6 Å². The second-order valence-corrected chi connectivity index (χ2v) is 9.67. The van der Waals surface area contributed by atoms with Crippen LogP contribution in [0.2, 0.25) is 0 Å². The summed E-state index contributed by atoms with van der Waals surface area (Å²) in [5.41, 5.74) is 3.28. The van der Waals surface area contributed by atoms with E-state index in [0.717, 1.165) is 66.7 Å². The third-order valence-corrected chi connectivity index (χ3v) is 6.87. The smallest absolute Gasteiger partial charge is 0.224 e. The van der Waals surface area contributed by atoms with Crippen molar-refractivity contribution in [1.29, 1.82) is 0 Å². The minimum Gasteiger partial charge on any atom is -0.493 e. The van der Waals surface area contributed by atoms with Gasteiger partial charge in [0.15, 0.2) is 0 Å². The molecule has 5 nitrogen and oxygen atoms in total. The number of nitrogens with one attached hydrogen (secondary N) is 1. The van der Waals surface area contributed by atoms with E-state index in [0.29, 0.717) is 19.6 Å². The van der Waals surface area contributed by atoms with Crippen LogP contribution in [0.5, 0.6) is 5.75 Å². The van der Waals surface area contributed by atoms with Gasteiger partial charge in [0.25, 0.3) is 0 Å². The molecule has 38 heavy (non-hydrogen) atoms. The van der Waals surface area contributed by atoms with Crippen LogP contribution in [-0.2, 0) is 24.2 Å². The highest BCUT2D eigenvalue weighted by Gasteiger charge is 2.11. The zero-order valence-electron chi connectivity index (χ0n) is 21.8. The Morgan fingerprint density at radius 1 is 0.789 bits per heavy atom. The Balaban J connectivity index is 1.10. The van der Waals surface area contributed by atoms with E-state index < -0.39 is 0 Å². The Kier molecular flexibility index (Phi) is 8.67. The minimum absolute atomic E-state index is 0.0868. The molecule has 0 aliphatic rings. The fourth-order valence-electron chi connectivity index (χ4n) is 4.95. The van der Waals surface area contributed by atoms with Gasteiger partial charge in [0.05, 0.1) is 24.1 Å². The molecule has 0 atom stereocenters. The largest absolute Gasteiger partial charge is 0.493 e. The highest BCUT2D eigenvalue weighted by atomic mass is 16.5. The average Bonchev–Trinajstić information content (AvgIpc) is 3.30. The van der Waals surface area contributed by atoms with Crippen LogP contribution in [0.3, 0.4) is 0 Å². The first-order valence-corrected chi connectivity index (χ1v) is 13.6. The molecule has 0 unspecified atom stereocenters. The van der Waals surface area contributed by atoms with Gasteiger partial charge in [-0.25, -0.2) is 4.98 Å². The van der Waals surface area contributed by atoms with Gasteiger partial charge in [-0.2, -0.15) is 0 Å². The van der Waals surface area contributed by atoms with Crippen LogP contribution in [0.25, 0.3) is 21.8 Å². The number of nitrogens with zero attached hydrogens (tertiary/aromatic N) is 2. The minimum atomic E-state index is 0.0868. The van der Waals surface area contributed by atoms with Crippen LogP contribution >= 0.6 is 0 Å². The molecule has 0 radical (unpaired) electrons. The first kappa shape index (κ1) is 25.5. The van der Waals surface area contributed by atoms with Crippen molar-refractivity contribution in [3.63, 3.8) is 0 Å². The average molecular weight is 506 g/mol. The third-order valence-electron chi connectivity index (χ3n) is 6.87. The number of carbonyl (C=O) groups excluding carboxylic acids is 1. The Hall–Kier alpha value is -4.12. The van der Waals surface area contributed by atoms with Gasteiger partial charge in [0.2, 0.25) is 5.91 Å². The van der Waals surface area contributed by atoms with Crippen molar-refractivity contribution in [2.45, 2.75) is 45.1 Å². The van der Waals surface area contributed by atoms with Gasteiger partial charge in [-0.05, 0) is 48.4 Å². The molecule has 5 heteroatoms. The lowest BCUT2D eigenvalue weighted by molar-refractivity contribution is -0.120. The maximum atomic E-state index is 12.2. The molecule has 1 aromatic heterocycles. The van der Waals surface area contributed by atoms with Crippen LogP contribution < -0.4 is 10.1 Å². The number of amides is 1. The summed E-state index contributed by atoms with van der Waals surface area (Å²) in [6.45, 7) is 2.24. The van der Waals surface area contributed by atoms with Gasteiger partial charge >= 0.3 is 0 Å². The number of hydrogen-bond acceptors (Lipinski definition) is 3. The fourth-order valence-corrected chi connectivity index (χ4v) is 4.95. The van der Waals surface area contributed by atoms with Gasteiger partial charge in [0, 0.05) is 24.9 Å². The van der Waals surface area contributed by atoms with Crippen molar-refractivity contribution < 1.29 is 9.53 Å². The Bertz CT molecular complexity index is 1470. The van der Waals surface area contributed by atoms with Crippen LogP contribution in [-0.4, -0.2) is 28.6 Å². The normalized spacial score (nSPS) is 11.2. The van der Waals surface area contributed by atoms with Crippen molar-refractivity contribution in [2.24, 2.45) is 0 Å². The molecule has 5 rings (SSSR count). The van der Waals surface area contributed by atoms with E-state index in [4.69, 9.17) is 9.72 Å². The highest BCUT2D eigenvalue weighted by Crippen LogP contribution is 2.25. The topological polar surface area (TPSA) is 56.2 Å². The van der Waals surface area contributed by atoms with E-state index in [1.807, 2.05) is 48.5 Å². The number of para-hydroxylation sites is 2. The molecular weight excluding hydrogens is 470 g/mol. The second-order valence-electron chi connectivity index (χ2n) is 9.67. The van der Waals surface area contributed by atoms with E-state index in [1.165, 1.54) is 10.9 Å². The van der Waals surface area contributed by atoms with Crippen molar-refractivity contribution in [3.8, 4) is 5.75 Å². The zero-order valence-corrected chi connectivity index (χ0v) is 21.8. The maximum absolute atomic E-state index is 12.2. The molecule has 0 fully saturated rings. The number of carbonyl (C=O) groups is 1. The first-order chi connectivity index (χ1) is 18.8. The Morgan fingerprint density at radius 3 is 2.50 bits per heavy atom. The predicted octanol–water partition coefficient (Wildman–Crippen LogP) is 6.73. The zero-order chi connectivity index (χ0) is 26.0. The Morgan fingerprint density at radius 2 is 1.58 bits per heavy atom. The molecule has 0 saturated heterocycles. The van der Waals surface area contributed by atoms with Crippen LogP contribution in [0.4, 0.5) is 0 Å². The van der Waals surface area contributed by atoms with Crippen LogP contribution in [0, 0.1) is 0 Å². The van der Waals surface area contributed by atoms with E-state index in [2.05, 4.69) is 58.4 Å². The number of aromatic nitrogens is 2. The van der Waals surface area contributed by atoms with Crippen molar-refractivity contribution in [2.75, 3.05) is 13.2 Å². The van der Waals surface area contributed by atoms with E-state index in [9.17, 15) is 4.79 Å². The molecule has 1 N–H and O–H groups in total. The maximum Gasteiger partial charge on any atom is 0.224 e. The number of fused-ring (bicyclic) bond motifs is 2. The molecule has 194 valence electrons. The number of aryl methyl sites for hydroxylation is 2. The van der Waals surface area contributed by atoms with Gasteiger partial charge < -0.3 is 14.6 Å². The number of rotatable bonds is 13. The monoisotopic (exact) mass is 505 g/mol. The molecule has 4 aromatic carbocycles. The standard InChI is InChI=1S/C33H35N3O2/c37-33(25-26-13-3-1-4-14-26)34-22-10-2-5-21-32-35-29-18-8-9-19-30(29)36(32)23-12-24-38-31-20-11-16-27-15-6-7-17-28(27)31/h1,3-4,6-9,11,13-20H,2,5,10,12,21-25H2,(H,34,37). The molecule has 5 aromatic rings. The fraction of sp³-hybridized carbons (Fsp3) is 0.273. The lowest BCUT2D eigenvalue weighted by Gasteiger charge is -2.12. The molecule has 0 aliphatic carbocycles. The molecule has 0 saturated carbocycles. The summed E-state index contributed by atoms with van der Waals surface area (Å²) < 4.78 is 8.53. The van der Waals surface area contributed by atoms with E-state index >= 15 is 0 Å². The number of ether oxygens (including phenoxy) is 1. The van der Waals surface area contributed by atoms with Crippen molar-refractivity contribution in [3.05, 3.63) is 108 Å². The Labute approximate surface area is 224 Å². The number of imidazole rings is 1. The van der Waals surface area contributed by atoms with Gasteiger partial charge in [-0.15, -0.1) is 0 Å². The van der Waals surface area contributed by atoms with Crippen LogP contribution in [0.1, 0.15) is 37.1 Å². The summed E-state index contributed by atoms with van der Waals surface area (Å²) in [5, 5.41) is 5.40. The lowest BCUT2D eigenvalue weighted by Crippen LogP contribution is -2.26. The lowest BCUT2D eigenvalue weighted by atomic mass is 10.1. The first-order valence-electron chi connectivity index (χ1n) is 13.6. The van der Waals surface area contributed by atoms with Gasteiger partial charge in [-0.3, -0.25) is 4.79 Å². The summed E-state index contributed by atoms with van der Waals surface area (Å²) in [5.74, 6) is 2.16. The summed E-state index contributed by atoms with van der Waals surface area (Å²) in [7, 11) is 0. The summed E-state index contributed by atoms with van der Waals surface area (Å²) in [6, 6.07) is 32.8.